The van der Waals surface area contributed by atoms with E-state index in [2.05, 4.69) is 20.3 Å². The van der Waals surface area contributed by atoms with Crippen LogP contribution in [0.3, 0.4) is 0 Å². The van der Waals surface area contributed by atoms with Crippen molar-refractivity contribution in [3.05, 3.63) is 40.5 Å². The number of fused-ring (bicyclic) bond motifs is 1. The van der Waals surface area contributed by atoms with Gasteiger partial charge in [-0.05, 0) is 31.9 Å². The minimum atomic E-state index is -4.53. The van der Waals surface area contributed by atoms with E-state index < -0.39 is 11.7 Å². The van der Waals surface area contributed by atoms with Crippen LogP contribution in [-0.4, -0.2) is 44.2 Å². The Labute approximate surface area is 177 Å². The predicted molar refractivity (Wildman–Crippen MR) is 107 cm³/mol. The third-order valence-electron chi connectivity index (χ3n) is 5.75. The molecule has 3 aromatic rings. The van der Waals surface area contributed by atoms with Gasteiger partial charge >= 0.3 is 6.18 Å². The van der Waals surface area contributed by atoms with E-state index in [1.54, 1.807) is 11.0 Å². The highest BCUT2D eigenvalue weighted by molar-refractivity contribution is 5.92. The molecule has 0 aliphatic carbocycles. The van der Waals surface area contributed by atoms with Gasteiger partial charge in [0.2, 0.25) is 0 Å². The average molecular weight is 435 g/mol. The molecule has 3 aromatic heterocycles. The van der Waals surface area contributed by atoms with Crippen molar-refractivity contribution in [3.8, 4) is 0 Å². The Morgan fingerprint density at radius 2 is 1.87 bits per heavy atom. The lowest BCUT2D eigenvalue weighted by atomic mass is 9.91. The second-order valence-corrected chi connectivity index (χ2v) is 9.02. The number of halogens is 3. The fourth-order valence-electron chi connectivity index (χ4n) is 3.90. The largest absolute Gasteiger partial charge is 0.417 e. The Kier molecular flexibility index (Phi) is 5.06. The number of aryl methyl sites for hydroxylation is 1. The molecule has 0 atom stereocenters. The van der Waals surface area contributed by atoms with Crippen molar-refractivity contribution in [2.45, 2.75) is 58.0 Å². The number of hydrogen-bond donors (Lipinski definition) is 1. The summed E-state index contributed by atoms with van der Waals surface area (Å²) < 4.78 is 45.8. The molecule has 0 bridgehead atoms. The third-order valence-corrected chi connectivity index (χ3v) is 5.75. The molecule has 4 rings (SSSR count). The number of H-pyrrole nitrogens is 1. The molecule has 7 nitrogen and oxygen atoms in total. The van der Waals surface area contributed by atoms with Crippen LogP contribution in [-0.2, 0) is 11.6 Å². The zero-order chi connectivity index (χ0) is 22.6. The van der Waals surface area contributed by atoms with Gasteiger partial charge in [-0.3, -0.25) is 9.89 Å². The van der Waals surface area contributed by atoms with Gasteiger partial charge in [-0.2, -0.15) is 18.3 Å². The number of rotatable bonds is 2. The first-order chi connectivity index (χ1) is 14.4. The topological polar surface area (TPSA) is 87.9 Å². The summed E-state index contributed by atoms with van der Waals surface area (Å²) in [6, 6.07) is 2.85. The van der Waals surface area contributed by atoms with Crippen molar-refractivity contribution in [2.24, 2.45) is 0 Å². The van der Waals surface area contributed by atoms with E-state index in [1.165, 1.54) is 6.92 Å². The first-order valence-corrected chi connectivity index (χ1v) is 10.1. The standard InChI is InChI=1S/C21H24F3N5O2/c1-11-17-13(21(22,23)24)9-14(25-18(17)31-28-11)12-5-7-29(8-6-12)19(30)15-10-16(27-26-15)20(2,3)4/h9-10,12H,5-8H2,1-4H3,(H,26,27). The van der Waals surface area contributed by atoms with E-state index >= 15 is 0 Å². The van der Waals surface area contributed by atoms with Crippen LogP contribution in [0.2, 0.25) is 0 Å². The maximum atomic E-state index is 13.6. The molecule has 10 heteroatoms. The summed E-state index contributed by atoms with van der Waals surface area (Å²) in [5.41, 5.74) is 0.652. The Morgan fingerprint density at radius 3 is 2.45 bits per heavy atom. The molecule has 1 N–H and O–H groups in total. The molecule has 0 aromatic carbocycles. The molecule has 166 valence electrons. The molecular weight excluding hydrogens is 411 g/mol. The SMILES string of the molecule is Cc1noc2nc(C3CCN(C(=O)c4cc(C(C)(C)C)[nH]n4)CC3)cc(C(F)(F)F)c12. The molecule has 0 saturated carbocycles. The van der Waals surface area contributed by atoms with Gasteiger partial charge < -0.3 is 9.42 Å². The molecule has 4 heterocycles. The molecule has 1 aliphatic rings. The number of carbonyl (C=O) groups excluding carboxylic acids is 1. The van der Waals surface area contributed by atoms with Gasteiger partial charge in [0.05, 0.1) is 16.6 Å². The number of aromatic amines is 1. The molecule has 1 fully saturated rings. The number of aromatic nitrogens is 4. The van der Waals surface area contributed by atoms with E-state index in [0.29, 0.717) is 37.3 Å². The van der Waals surface area contributed by atoms with E-state index in [4.69, 9.17) is 4.52 Å². The molecule has 1 saturated heterocycles. The lowest BCUT2D eigenvalue weighted by Gasteiger charge is -2.31. The normalized spacial score (nSPS) is 16.3. The van der Waals surface area contributed by atoms with Crippen molar-refractivity contribution in [1.82, 2.24) is 25.2 Å². The highest BCUT2D eigenvalue weighted by atomic mass is 19.4. The molecular formula is C21H24F3N5O2. The van der Waals surface area contributed by atoms with Crippen LogP contribution in [0.15, 0.2) is 16.7 Å². The molecule has 0 unspecified atom stereocenters. The maximum absolute atomic E-state index is 13.6. The summed E-state index contributed by atoms with van der Waals surface area (Å²) in [6.07, 6.45) is -3.52. The van der Waals surface area contributed by atoms with E-state index in [0.717, 1.165) is 11.8 Å². The molecule has 31 heavy (non-hydrogen) atoms. The second-order valence-electron chi connectivity index (χ2n) is 9.02. The van der Waals surface area contributed by atoms with Gasteiger partial charge in [-0.15, -0.1) is 0 Å². The molecule has 0 spiro atoms. The number of amides is 1. The first kappa shape index (κ1) is 21.3. The maximum Gasteiger partial charge on any atom is 0.417 e. The molecule has 1 aliphatic heterocycles. The number of carbonyl (C=O) groups is 1. The van der Waals surface area contributed by atoms with Crippen molar-refractivity contribution in [1.29, 1.82) is 0 Å². The van der Waals surface area contributed by atoms with Crippen molar-refractivity contribution in [2.75, 3.05) is 13.1 Å². The van der Waals surface area contributed by atoms with Gasteiger partial charge in [-0.25, -0.2) is 4.98 Å². The summed E-state index contributed by atoms with van der Waals surface area (Å²) >= 11 is 0. The highest BCUT2D eigenvalue weighted by Crippen LogP contribution is 2.39. The zero-order valence-corrected chi connectivity index (χ0v) is 17.8. The quantitative estimate of drug-likeness (QED) is 0.636. The number of alkyl halides is 3. The Balaban J connectivity index is 1.52. The Hall–Kier alpha value is -2.91. The van der Waals surface area contributed by atoms with Gasteiger partial charge in [0.15, 0.2) is 0 Å². The number of likely N-dealkylation sites (tertiary alicyclic amines) is 1. The number of piperidine rings is 1. The second kappa shape index (κ2) is 7.35. The van der Waals surface area contributed by atoms with Gasteiger partial charge in [-0.1, -0.05) is 25.9 Å². The van der Waals surface area contributed by atoms with Gasteiger partial charge in [0, 0.05) is 35.8 Å². The van der Waals surface area contributed by atoms with Crippen LogP contribution < -0.4 is 0 Å². The van der Waals surface area contributed by atoms with Gasteiger partial charge in [0.1, 0.15) is 5.69 Å². The number of nitrogens with one attached hydrogen (secondary N) is 1. The molecule has 1 amide bonds. The van der Waals surface area contributed by atoms with E-state index in [9.17, 15) is 18.0 Å². The summed E-state index contributed by atoms with van der Waals surface area (Å²) in [5.74, 6) is -0.389. The summed E-state index contributed by atoms with van der Waals surface area (Å²) in [4.78, 5) is 18.8. The van der Waals surface area contributed by atoms with Crippen molar-refractivity contribution < 1.29 is 22.5 Å². The van der Waals surface area contributed by atoms with Crippen LogP contribution in [0.4, 0.5) is 13.2 Å². The summed E-state index contributed by atoms with van der Waals surface area (Å²) in [6.45, 7) is 8.36. The third kappa shape index (κ3) is 4.03. The summed E-state index contributed by atoms with van der Waals surface area (Å²) in [7, 11) is 0. The van der Waals surface area contributed by atoms with Crippen LogP contribution in [0.25, 0.3) is 11.1 Å². The van der Waals surface area contributed by atoms with Crippen molar-refractivity contribution in [3.63, 3.8) is 0 Å². The number of nitrogens with zero attached hydrogens (tertiary/aromatic N) is 4. The minimum Gasteiger partial charge on any atom is -0.337 e. The Morgan fingerprint density at radius 1 is 1.19 bits per heavy atom. The van der Waals surface area contributed by atoms with Gasteiger partial charge in [0.25, 0.3) is 11.6 Å². The highest BCUT2D eigenvalue weighted by Gasteiger charge is 2.37. The fraction of sp³-hybridized carbons (Fsp3) is 0.524. The van der Waals surface area contributed by atoms with Crippen molar-refractivity contribution >= 4 is 17.0 Å². The number of pyridine rings is 1. The van der Waals surface area contributed by atoms with Crippen LogP contribution in [0.1, 0.15) is 72.7 Å². The smallest absolute Gasteiger partial charge is 0.337 e. The van der Waals surface area contributed by atoms with Crippen LogP contribution >= 0.6 is 0 Å². The average Bonchev–Trinajstić information content (AvgIpc) is 3.34. The number of hydrogen-bond acceptors (Lipinski definition) is 5. The van der Waals surface area contributed by atoms with Crippen LogP contribution in [0, 0.1) is 6.92 Å². The van der Waals surface area contributed by atoms with E-state index in [-0.39, 0.29) is 34.0 Å². The molecule has 0 radical (unpaired) electrons. The zero-order valence-electron chi connectivity index (χ0n) is 17.8. The van der Waals surface area contributed by atoms with Crippen LogP contribution in [0.5, 0.6) is 0 Å². The first-order valence-electron chi connectivity index (χ1n) is 10.1. The van der Waals surface area contributed by atoms with E-state index in [1.807, 2.05) is 20.8 Å². The predicted octanol–water partition coefficient (Wildman–Crippen LogP) is 4.59. The lowest BCUT2D eigenvalue weighted by molar-refractivity contribution is -0.136. The minimum absolute atomic E-state index is 0.1000. The Bertz CT molecular complexity index is 1120. The fourth-order valence-corrected chi connectivity index (χ4v) is 3.90. The summed E-state index contributed by atoms with van der Waals surface area (Å²) in [5, 5.41) is 10.6. The lowest BCUT2D eigenvalue weighted by Crippen LogP contribution is -2.38. The monoisotopic (exact) mass is 435 g/mol.